The molecule has 1 aromatic heterocycles. The number of rotatable bonds is 10. The molecule has 38 heavy (non-hydrogen) atoms. The number of ether oxygens (including phenoxy) is 1. The van der Waals surface area contributed by atoms with E-state index in [4.69, 9.17) is 9.73 Å². The number of amides is 1. The number of hydrogen-bond donors (Lipinski definition) is 3. The molecule has 0 bridgehead atoms. The number of nitrogens with one attached hydrogen (secondary N) is 2. The molecular formula is C30H35N5O3. The second-order valence-electron chi connectivity index (χ2n) is 9.87. The van der Waals surface area contributed by atoms with Gasteiger partial charge < -0.3 is 14.8 Å². The van der Waals surface area contributed by atoms with Crippen LogP contribution in [0, 0.1) is 0 Å². The van der Waals surface area contributed by atoms with Crippen LogP contribution in [0.4, 0.5) is 0 Å². The molecule has 0 saturated carbocycles. The summed E-state index contributed by atoms with van der Waals surface area (Å²) in [4.78, 5) is 27.5. The Bertz CT molecular complexity index is 1310. The van der Waals surface area contributed by atoms with Gasteiger partial charge in [0, 0.05) is 18.2 Å². The van der Waals surface area contributed by atoms with Gasteiger partial charge in [-0.1, -0.05) is 67.9 Å². The van der Waals surface area contributed by atoms with Gasteiger partial charge in [-0.15, -0.1) is 0 Å². The smallest absolute Gasteiger partial charge is 0.280 e. The monoisotopic (exact) mass is 513 g/mol. The molecule has 0 spiro atoms. The summed E-state index contributed by atoms with van der Waals surface area (Å²) in [5.41, 5.74) is 4.55. The highest BCUT2D eigenvalue weighted by Gasteiger charge is 2.34. The molecule has 2 aliphatic rings. The Labute approximate surface area is 223 Å². The van der Waals surface area contributed by atoms with Crippen LogP contribution in [0.3, 0.4) is 0 Å². The summed E-state index contributed by atoms with van der Waals surface area (Å²) in [5, 5.41) is 14.0. The predicted molar refractivity (Wildman–Crippen MR) is 150 cm³/mol. The normalized spacial score (nSPS) is 18.5. The molecule has 1 amide bonds. The summed E-state index contributed by atoms with van der Waals surface area (Å²) in [6.45, 7) is 6.67. The fraction of sp³-hybridized carbons (Fsp3) is 0.367. The lowest BCUT2D eigenvalue weighted by atomic mass is 9.97. The van der Waals surface area contributed by atoms with Crippen molar-refractivity contribution in [2.45, 2.75) is 51.7 Å². The highest BCUT2D eigenvalue weighted by Crippen LogP contribution is 2.38. The lowest BCUT2D eigenvalue weighted by Crippen LogP contribution is -2.39. The third-order valence-corrected chi connectivity index (χ3v) is 7.25. The molecule has 2 aromatic carbocycles. The van der Waals surface area contributed by atoms with Crippen LogP contribution in [0.1, 0.15) is 72.7 Å². The van der Waals surface area contributed by atoms with Crippen molar-refractivity contribution in [2.24, 2.45) is 9.98 Å². The van der Waals surface area contributed by atoms with Gasteiger partial charge in [0.05, 0.1) is 22.5 Å². The zero-order valence-electron chi connectivity index (χ0n) is 22.0. The minimum absolute atomic E-state index is 0.0500. The summed E-state index contributed by atoms with van der Waals surface area (Å²) >= 11 is 0. The summed E-state index contributed by atoms with van der Waals surface area (Å²) in [7, 11) is 0. The fourth-order valence-corrected chi connectivity index (χ4v) is 5.28. The molecule has 198 valence electrons. The molecule has 0 aliphatic carbocycles. The number of nitrogens with zero attached hydrogens (tertiary/aromatic N) is 3. The predicted octanol–water partition coefficient (Wildman–Crippen LogP) is 5.25. The van der Waals surface area contributed by atoms with Gasteiger partial charge in [-0.3, -0.25) is 15.0 Å². The van der Waals surface area contributed by atoms with Crippen molar-refractivity contribution in [3.8, 4) is 17.1 Å². The van der Waals surface area contributed by atoms with Gasteiger partial charge in [-0.25, -0.2) is 9.98 Å². The zero-order chi connectivity index (χ0) is 26.5. The first kappa shape index (κ1) is 25.9. The lowest BCUT2D eigenvalue weighted by molar-refractivity contribution is 0.101. The Balaban J connectivity index is 1.41. The number of carbonyl (C=O) groups excluding carboxylic acids is 1. The standard InChI is InChI=1S/C30H35N5O3/c1-3-16-31-18-38-19-32-28(35-17-8-7-9-20(35)2)23-14-12-22(13-15-23)27-25-24(29(36)34-27)26(33-30(25)37)21-10-5-4-6-11-21/h4-6,10-15,19-20,28,31,33,37H,3,7-9,16-18H2,1-2H3. The third-order valence-electron chi connectivity index (χ3n) is 7.25. The van der Waals surface area contributed by atoms with E-state index in [0.717, 1.165) is 49.0 Å². The van der Waals surface area contributed by atoms with Crippen molar-refractivity contribution < 1.29 is 14.6 Å². The van der Waals surface area contributed by atoms with Crippen LogP contribution in [0.2, 0.25) is 0 Å². The van der Waals surface area contributed by atoms with E-state index in [1.165, 1.54) is 6.42 Å². The molecule has 8 heteroatoms. The Hall–Kier alpha value is -3.75. The van der Waals surface area contributed by atoms with Crippen LogP contribution in [-0.2, 0) is 4.74 Å². The summed E-state index contributed by atoms with van der Waals surface area (Å²) in [6, 6.07) is 17.9. The van der Waals surface area contributed by atoms with Gasteiger partial charge in [0.2, 0.25) is 0 Å². The first-order valence-electron chi connectivity index (χ1n) is 13.4. The van der Waals surface area contributed by atoms with E-state index < -0.39 is 0 Å². The SMILES string of the molecule is CCCNCOC=NC(c1ccc(C2=NC(=O)c3c(-c4ccccc4)[nH]c(O)c32)cc1)N1CCCCC1C. The number of aliphatic imine (C=N–C) groups is 2. The molecule has 3 aromatic rings. The Kier molecular flexibility index (Phi) is 8.00. The molecule has 5 rings (SSSR count). The van der Waals surface area contributed by atoms with Crippen LogP contribution in [0.15, 0.2) is 64.6 Å². The number of piperidine rings is 1. The molecule has 2 atom stereocenters. The van der Waals surface area contributed by atoms with Crippen molar-refractivity contribution in [3.63, 3.8) is 0 Å². The highest BCUT2D eigenvalue weighted by molar-refractivity contribution is 6.30. The fourth-order valence-electron chi connectivity index (χ4n) is 5.28. The summed E-state index contributed by atoms with van der Waals surface area (Å²) in [5.74, 6) is -0.404. The molecule has 3 N–H and O–H groups in total. The quantitative estimate of drug-likeness (QED) is 0.149. The number of hydrogen-bond acceptors (Lipinski definition) is 6. The number of aromatic amines is 1. The van der Waals surface area contributed by atoms with Crippen LogP contribution < -0.4 is 5.32 Å². The minimum atomic E-state index is -0.354. The van der Waals surface area contributed by atoms with Gasteiger partial charge in [0.1, 0.15) is 12.9 Å². The van der Waals surface area contributed by atoms with E-state index in [-0.39, 0.29) is 18.0 Å². The Morgan fingerprint density at radius 2 is 1.95 bits per heavy atom. The van der Waals surface area contributed by atoms with Crippen molar-refractivity contribution >= 4 is 18.0 Å². The molecular weight excluding hydrogens is 478 g/mol. The Morgan fingerprint density at radius 3 is 2.68 bits per heavy atom. The number of carbonyl (C=O) groups is 1. The average molecular weight is 514 g/mol. The molecule has 2 aliphatic heterocycles. The van der Waals surface area contributed by atoms with E-state index >= 15 is 0 Å². The third kappa shape index (κ3) is 5.28. The van der Waals surface area contributed by atoms with Crippen molar-refractivity contribution in [1.82, 2.24) is 15.2 Å². The molecule has 2 unspecified atom stereocenters. The van der Waals surface area contributed by atoms with Crippen molar-refractivity contribution in [2.75, 3.05) is 19.8 Å². The van der Waals surface area contributed by atoms with E-state index in [0.29, 0.717) is 35.3 Å². The largest absolute Gasteiger partial charge is 0.494 e. The molecule has 1 fully saturated rings. The summed E-state index contributed by atoms with van der Waals surface area (Å²) < 4.78 is 5.60. The van der Waals surface area contributed by atoms with Crippen LogP contribution in [-0.4, -0.2) is 58.9 Å². The molecule has 0 radical (unpaired) electrons. The number of H-pyrrole nitrogens is 1. The van der Waals surface area contributed by atoms with Gasteiger partial charge >= 0.3 is 0 Å². The van der Waals surface area contributed by atoms with E-state index in [1.54, 1.807) is 6.40 Å². The molecule has 3 heterocycles. The maximum atomic E-state index is 12.9. The number of aromatic nitrogens is 1. The maximum absolute atomic E-state index is 12.9. The number of likely N-dealkylation sites (tertiary alicyclic amines) is 1. The van der Waals surface area contributed by atoms with Crippen LogP contribution in [0.5, 0.6) is 5.88 Å². The van der Waals surface area contributed by atoms with Crippen molar-refractivity contribution in [1.29, 1.82) is 0 Å². The van der Waals surface area contributed by atoms with Gasteiger partial charge in [0.15, 0.2) is 12.3 Å². The van der Waals surface area contributed by atoms with E-state index in [9.17, 15) is 9.90 Å². The van der Waals surface area contributed by atoms with Gasteiger partial charge in [0.25, 0.3) is 5.91 Å². The zero-order valence-corrected chi connectivity index (χ0v) is 22.0. The van der Waals surface area contributed by atoms with Crippen LogP contribution >= 0.6 is 0 Å². The van der Waals surface area contributed by atoms with Crippen molar-refractivity contribution in [3.05, 3.63) is 76.9 Å². The second kappa shape index (κ2) is 11.8. The van der Waals surface area contributed by atoms with Gasteiger partial charge in [-0.2, -0.15) is 0 Å². The second-order valence-corrected chi connectivity index (χ2v) is 9.87. The minimum Gasteiger partial charge on any atom is -0.494 e. The first-order chi connectivity index (χ1) is 18.6. The highest BCUT2D eigenvalue weighted by atomic mass is 16.5. The topological polar surface area (TPSA) is 102 Å². The average Bonchev–Trinajstić information content (AvgIpc) is 3.47. The summed E-state index contributed by atoms with van der Waals surface area (Å²) in [6.07, 6.45) is 5.95. The molecule has 8 nitrogen and oxygen atoms in total. The number of aromatic hydroxyl groups is 1. The lowest BCUT2D eigenvalue weighted by Gasteiger charge is -2.37. The molecule has 1 saturated heterocycles. The maximum Gasteiger partial charge on any atom is 0.280 e. The van der Waals surface area contributed by atoms with E-state index in [1.807, 2.05) is 54.6 Å². The first-order valence-corrected chi connectivity index (χ1v) is 13.4. The number of benzene rings is 2. The van der Waals surface area contributed by atoms with Crippen LogP contribution in [0.25, 0.3) is 11.3 Å². The van der Waals surface area contributed by atoms with Gasteiger partial charge in [-0.05, 0) is 43.9 Å². The Morgan fingerprint density at radius 1 is 1.16 bits per heavy atom. The number of fused-ring (bicyclic) bond motifs is 1. The van der Waals surface area contributed by atoms with E-state index in [2.05, 4.69) is 34.0 Å².